The lowest BCUT2D eigenvalue weighted by molar-refractivity contribution is 0.0193. The molecule has 0 saturated carbocycles. The van der Waals surface area contributed by atoms with Crippen molar-refractivity contribution < 1.29 is 17.9 Å². The summed E-state index contributed by atoms with van der Waals surface area (Å²) >= 11 is 0. The first kappa shape index (κ1) is 24.7. The second kappa shape index (κ2) is 12.9. The molecule has 1 saturated heterocycles. The van der Waals surface area contributed by atoms with E-state index in [9.17, 15) is 8.42 Å². The maximum Gasteiger partial charge on any atom is 0.301 e. The molecule has 2 rings (SSSR count). The maximum absolute atomic E-state index is 12.6. The number of nitrogens with zero attached hydrogens (tertiary/aromatic N) is 2. The molecule has 30 heavy (non-hydrogen) atoms. The lowest BCUT2D eigenvalue weighted by Crippen LogP contribution is -2.43. The van der Waals surface area contributed by atoms with Gasteiger partial charge in [-0.2, -0.15) is 12.7 Å². The van der Waals surface area contributed by atoms with Gasteiger partial charge >= 0.3 is 10.2 Å². The van der Waals surface area contributed by atoms with E-state index in [4.69, 9.17) is 9.47 Å². The topological polar surface area (TPSA) is 71.1 Å². The first-order valence-corrected chi connectivity index (χ1v) is 12.2. The third-order valence-corrected chi connectivity index (χ3v) is 6.84. The molecule has 0 bridgehead atoms. The number of piperidine rings is 1. The van der Waals surface area contributed by atoms with Gasteiger partial charge in [0.2, 0.25) is 0 Å². The molecule has 8 heteroatoms. The van der Waals surface area contributed by atoms with Crippen LogP contribution in [0.4, 0.5) is 5.69 Å². The van der Waals surface area contributed by atoms with Crippen LogP contribution in [0.15, 0.2) is 36.9 Å². The van der Waals surface area contributed by atoms with Crippen molar-refractivity contribution in [3.8, 4) is 5.75 Å². The van der Waals surface area contributed by atoms with Gasteiger partial charge in [-0.15, -0.1) is 6.58 Å². The van der Waals surface area contributed by atoms with E-state index < -0.39 is 10.2 Å². The fourth-order valence-electron chi connectivity index (χ4n) is 3.51. The quantitative estimate of drug-likeness (QED) is 0.355. The summed E-state index contributed by atoms with van der Waals surface area (Å²) in [5.41, 5.74) is 0.532. The van der Waals surface area contributed by atoms with E-state index in [1.165, 1.54) is 23.6 Å². The second-order valence-electron chi connectivity index (χ2n) is 7.77. The highest BCUT2D eigenvalue weighted by atomic mass is 32.2. The number of hydrogen-bond donors (Lipinski definition) is 1. The van der Waals surface area contributed by atoms with Crippen LogP contribution in [0.3, 0.4) is 0 Å². The summed E-state index contributed by atoms with van der Waals surface area (Å²) in [7, 11) is 0.145. The normalized spacial score (nSPS) is 16.0. The smallest absolute Gasteiger partial charge is 0.301 e. The number of methoxy groups -OCH3 is 1. The Hall–Kier alpha value is -1.61. The third kappa shape index (κ3) is 8.63. The number of rotatable bonds is 14. The van der Waals surface area contributed by atoms with Crippen molar-refractivity contribution in [2.45, 2.75) is 44.6 Å². The molecular formula is C22H37N3O4S. The van der Waals surface area contributed by atoms with Gasteiger partial charge in [-0.05, 0) is 63.5 Å². The summed E-state index contributed by atoms with van der Waals surface area (Å²) < 4.78 is 40.4. The zero-order valence-electron chi connectivity index (χ0n) is 18.4. The van der Waals surface area contributed by atoms with Gasteiger partial charge in [-0.3, -0.25) is 4.72 Å². The van der Waals surface area contributed by atoms with Crippen LogP contribution in [-0.2, 0) is 14.9 Å². The summed E-state index contributed by atoms with van der Waals surface area (Å²) in [6.07, 6.45) is 8.17. The van der Waals surface area contributed by atoms with Crippen molar-refractivity contribution in [1.29, 1.82) is 0 Å². The van der Waals surface area contributed by atoms with Gasteiger partial charge in [0.15, 0.2) is 0 Å². The molecule has 1 aliphatic rings. The van der Waals surface area contributed by atoms with Crippen LogP contribution >= 0.6 is 0 Å². The van der Waals surface area contributed by atoms with Crippen molar-refractivity contribution in [2.75, 3.05) is 51.7 Å². The van der Waals surface area contributed by atoms with Crippen LogP contribution in [0.5, 0.6) is 5.75 Å². The van der Waals surface area contributed by atoms with Crippen LogP contribution in [-0.4, -0.2) is 70.7 Å². The van der Waals surface area contributed by atoms with Gasteiger partial charge in [0.1, 0.15) is 5.75 Å². The molecule has 1 aromatic carbocycles. The van der Waals surface area contributed by atoms with Gasteiger partial charge in [-0.1, -0.05) is 18.9 Å². The summed E-state index contributed by atoms with van der Waals surface area (Å²) in [5, 5.41) is 0. The monoisotopic (exact) mass is 439 g/mol. The molecule has 1 aliphatic heterocycles. The SMILES string of the molecule is C=CCN(C)CCCCCCOC1CCN(S(=O)(=O)Nc2ccc(OC)cc2)CC1. The van der Waals surface area contributed by atoms with Crippen LogP contribution < -0.4 is 9.46 Å². The molecule has 0 spiro atoms. The molecule has 1 N–H and O–H groups in total. The number of likely N-dealkylation sites (N-methyl/N-ethyl adjacent to an activating group) is 1. The molecule has 1 aromatic rings. The molecule has 0 atom stereocenters. The van der Waals surface area contributed by atoms with Gasteiger partial charge in [-0.25, -0.2) is 0 Å². The Balaban J connectivity index is 1.60. The van der Waals surface area contributed by atoms with Gasteiger partial charge in [0, 0.05) is 26.2 Å². The van der Waals surface area contributed by atoms with E-state index in [1.54, 1.807) is 31.4 Å². The molecule has 0 aromatic heterocycles. The molecule has 0 unspecified atom stereocenters. The van der Waals surface area contributed by atoms with Gasteiger partial charge in [0.25, 0.3) is 0 Å². The highest BCUT2D eigenvalue weighted by molar-refractivity contribution is 7.90. The predicted molar refractivity (Wildman–Crippen MR) is 122 cm³/mol. The predicted octanol–water partition coefficient (Wildman–Crippen LogP) is 3.51. The van der Waals surface area contributed by atoms with Gasteiger partial charge < -0.3 is 14.4 Å². The van der Waals surface area contributed by atoms with E-state index in [0.29, 0.717) is 24.5 Å². The van der Waals surface area contributed by atoms with Crippen LogP contribution in [0.1, 0.15) is 38.5 Å². The van der Waals surface area contributed by atoms with Crippen molar-refractivity contribution in [2.24, 2.45) is 0 Å². The summed E-state index contributed by atoms with van der Waals surface area (Å²) in [6, 6.07) is 6.86. The number of anilines is 1. The van der Waals surface area contributed by atoms with Crippen LogP contribution in [0.2, 0.25) is 0 Å². The molecule has 0 amide bonds. The first-order valence-electron chi connectivity index (χ1n) is 10.8. The average Bonchev–Trinajstić information content (AvgIpc) is 2.74. The summed E-state index contributed by atoms with van der Waals surface area (Å²) in [5.74, 6) is 0.691. The van der Waals surface area contributed by atoms with Gasteiger partial charge in [0.05, 0.1) is 18.9 Å². The Morgan fingerprint density at radius 2 is 1.83 bits per heavy atom. The number of hydrogen-bond acceptors (Lipinski definition) is 5. The van der Waals surface area contributed by atoms with E-state index >= 15 is 0 Å². The number of nitrogens with one attached hydrogen (secondary N) is 1. The number of benzene rings is 1. The number of unbranched alkanes of at least 4 members (excludes halogenated alkanes) is 3. The lowest BCUT2D eigenvalue weighted by Gasteiger charge is -2.31. The zero-order chi connectivity index (χ0) is 21.8. The van der Waals surface area contributed by atoms with E-state index in [-0.39, 0.29) is 6.10 Å². The van der Waals surface area contributed by atoms with Crippen LogP contribution in [0.25, 0.3) is 0 Å². The Labute approximate surface area is 182 Å². The molecule has 1 fully saturated rings. The standard InChI is InChI=1S/C22H37N3O4S/c1-4-15-24(2)16-7-5-6-8-19-29-22-13-17-25(18-14-22)30(26,27)23-20-9-11-21(28-3)12-10-20/h4,9-12,22-23H,1,5-8,13-19H2,2-3H3. The first-order chi connectivity index (χ1) is 14.4. The Morgan fingerprint density at radius 3 is 2.47 bits per heavy atom. The molecular weight excluding hydrogens is 402 g/mol. The highest BCUT2D eigenvalue weighted by Gasteiger charge is 2.28. The fraction of sp³-hybridized carbons (Fsp3) is 0.636. The second-order valence-corrected chi connectivity index (χ2v) is 9.44. The molecule has 1 heterocycles. The Kier molecular flexibility index (Phi) is 10.6. The minimum absolute atomic E-state index is 0.149. The minimum Gasteiger partial charge on any atom is -0.497 e. The summed E-state index contributed by atoms with van der Waals surface area (Å²) in [4.78, 5) is 2.27. The van der Waals surface area contributed by atoms with Crippen molar-refractivity contribution >= 4 is 15.9 Å². The van der Waals surface area contributed by atoms with Crippen molar-refractivity contribution in [1.82, 2.24) is 9.21 Å². The average molecular weight is 440 g/mol. The van der Waals surface area contributed by atoms with Crippen LogP contribution in [0, 0.1) is 0 Å². The van der Waals surface area contributed by atoms with E-state index in [1.807, 2.05) is 6.08 Å². The minimum atomic E-state index is -3.55. The largest absolute Gasteiger partial charge is 0.497 e. The fourth-order valence-corrected chi connectivity index (χ4v) is 4.77. The van der Waals surface area contributed by atoms with E-state index in [0.717, 1.165) is 39.0 Å². The molecule has 170 valence electrons. The molecule has 7 nitrogen and oxygen atoms in total. The Morgan fingerprint density at radius 1 is 1.17 bits per heavy atom. The zero-order valence-corrected chi connectivity index (χ0v) is 19.2. The van der Waals surface area contributed by atoms with Crippen molar-refractivity contribution in [3.63, 3.8) is 0 Å². The number of ether oxygens (including phenoxy) is 2. The molecule has 0 aliphatic carbocycles. The molecule has 0 radical (unpaired) electrons. The van der Waals surface area contributed by atoms with E-state index in [2.05, 4.69) is 23.2 Å². The third-order valence-electron chi connectivity index (χ3n) is 5.31. The summed E-state index contributed by atoms with van der Waals surface area (Å²) in [6.45, 7) is 7.50. The lowest BCUT2D eigenvalue weighted by atomic mass is 10.1. The Bertz CT molecular complexity index is 716. The maximum atomic E-state index is 12.6. The van der Waals surface area contributed by atoms with Crippen molar-refractivity contribution in [3.05, 3.63) is 36.9 Å². The highest BCUT2D eigenvalue weighted by Crippen LogP contribution is 2.21.